The Hall–Kier alpha value is -2.09. The highest BCUT2D eigenvalue weighted by Crippen LogP contribution is 2.24. The van der Waals surface area contributed by atoms with Gasteiger partial charge in [-0.05, 0) is 65.1 Å². The lowest BCUT2D eigenvalue weighted by molar-refractivity contribution is 0.0993. The highest BCUT2D eigenvalue weighted by Gasteiger charge is 2.16. The summed E-state index contributed by atoms with van der Waals surface area (Å²) in [6, 6.07) is 13.1. The van der Waals surface area contributed by atoms with Crippen LogP contribution in [0.3, 0.4) is 0 Å². The van der Waals surface area contributed by atoms with Gasteiger partial charge in [0.05, 0.1) is 12.6 Å². The van der Waals surface area contributed by atoms with Gasteiger partial charge in [0.15, 0.2) is 0 Å². The predicted molar refractivity (Wildman–Crippen MR) is 99.2 cm³/mol. The zero-order valence-corrected chi connectivity index (χ0v) is 15.2. The van der Waals surface area contributed by atoms with Crippen molar-refractivity contribution in [3.8, 4) is 5.75 Å². The number of hydrogen-bond acceptors (Lipinski definition) is 3. The number of benzene rings is 2. The van der Waals surface area contributed by atoms with E-state index in [4.69, 9.17) is 4.74 Å². The lowest BCUT2D eigenvalue weighted by Crippen LogP contribution is -2.26. The molecule has 0 radical (unpaired) electrons. The molecule has 0 N–H and O–H groups in total. The van der Waals surface area contributed by atoms with Gasteiger partial charge in [-0.25, -0.2) is 0 Å². The first-order valence-corrected chi connectivity index (χ1v) is 8.13. The van der Waals surface area contributed by atoms with Crippen molar-refractivity contribution in [1.29, 1.82) is 0 Å². The molecule has 0 fully saturated rings. The Morgan fingerprint density at radius 1 is 1.22 bits per heavy atom. The van der Waals surface area contributed by atoms with Crippen LogP contribution in [0.15, 0.2) is 42.5 Å². The minimum atomic E-state index is -0.0586. The first-order valence-electron chi connectivity index (χ1n) is 7.05. The number of carbonyl (C=O) groups is 1. The molecule has 1 heterocycles. The van der Waals surface area contributed by atoms with E-state index in [1.807, 2.05) is 54.2 Å². The summed E-state index contributed by atoms with van der Waals surface area (Å²) >= 11 is 2.18. The van der Waals surface area contributed by atoms with Gasteiger partial charge in [-0.3, -0.25) is 9.48 Å². The Kier molecular flexibility index (Phi) is 4.25. The predicted octanol–water partition coefficient (Wildman–Crippen LogP) is 3.46. The molecule has 0 bridgehead atoms. The molecule has 23 heavy (non-hydrogen) atoms. The third kappa shape index (κ3) is 2.90. The molecule has 0 unspecified atom stereocenters. The van der Waals surface area contributed by atoms with Gasteiger partial charge < -0.3 is 9.64 Å². The summed E-state index contributed by atoms with van der Waals surface area (Å²) in [5.74, 6) is 0.706. The van der Waals surface area contributed by atoms with Crippen molar-refractivity contribution >= 4 is 45.1 Å². The summed E-state index contributed by atoms with van der Waals surface area (Å²) in [6.45, 7) is 0. The van der Waals surface area contributed by atoms with Gasteiger partial charge in [0.25, 0.3) is 5.91 Å². The highest BCUT2D eigenvalue weighted by molar-refractivity contribution is 14.1. The molecule has 3 rings (SSSR count). The number of hydrogen-bond donors (Lipinski definition) is 0. The van der Waals surface area contributed by atoms with Crippen molar-refractivity contribution < 1.29 is 9.53 Å². The second-order valence-corrected chi connectivity index (χ2v) is 6.23. The third-order valence-corrected chi connectivity index (χ3v) is 4.61. The molecular formula is C17H16IN3O2. The standard InChI is InChI=1S/C17H16IN3O2/c1-20(12-5-7-13(23-3)8-6-12)17(22)11-4-9-15-14(10-11)16(18)19-21(15)2/h4-10H,1-3H3. The molecule has 1 amide bonds. The largest absolute Gasteiger partial charge is 0.497 e. The molecule has 0 atom stereocenters. The van der Waals surface area contributed by atoms with E-state index in [2.05, 4.69) is 27.7 Å². The SMILES string of the molecule is COc1ccc(N(C)C(=O)c2ccc3c(c2)c(I)nn3C)cc1. The second-order valence-electron chi connectivity index (χ2n) is 5.21. The summed E-state index contributed by atoms with van der Waals surface area (Å²) in [4.78, 5) is 14.4. The van der Waals surface area contributed by atoms with Crippen LogP contribution in [0.25, 0.3) is 10.9 Å². The minimum absolute atomic E-state index is 0.0586. The summed E-state index contributed by atoms with van der Waals surface area (Å²) in [5.41, 5.74) is 2.47. The van der Waals surface area contributed by atoms with Gasteiger partial charge in [0.1, 0.15) is 9.45 Å². The fourth-order valence-electron chi connectivity index (χ4n) is 2.47. The van der Waals surface area contributed by atoms with Crippen LogP contribution in [0.2, 0.25) is 0 Å². The summed E-state index contributed by atoms with van der Waals surface area (Å²) in [6.07, 6.45) is 0. The van der Waals surface area contributed by atoms with E-state index < -0.39 is 0 Å². The fraction of sp³-hybridized carbons (Fsp3) is 0.176. The highest BCUT2D eigenvalue weighted by atomic mass is 127. The van der Waals surface area contributed by atoms with Crippen molar-refractivity contribution in [3.05, 3.63) is 51.7 Å². The maximum Gasteiger partial charge on any atom is 0.258 e. The van der Waals surface area contributed by atoms with E-state index in [1.54, 1.807) is 19.1 Å². The Morgan fingerprint density at radius 2 is 1.91 bits per heavy atom. The Balaban J connectivity index is 1.93. The lowest BCUT2D eigenvalue weighted by atomic mass is 10.1. The van der Waals surface area contributed by atoms with Gasteiger partial charge >= 0.3 is 0 Å². The zero-order chi connectivity index (χ0) is 16.6. The second kappa shape index (κ2) is 6.19. The number of aryl methyl sites for hydroxylation is 1. The minimum Gasteiger partial charge on any atom is -0.497 e. The van der Waals surface area contributed by atoms with Crippen LogP contribution in [0, 0.1) is 3.70 Å². The summed E-state index contributed by atoms with van der Waals surface area (Å²) < 4.78 is 7.85. The molecule has 6 heteroatoms. The average Bonchev–Trinajstić information content (AvgIpc) is 2.87. The number of amides is 1. The van der Waals surface area contributed by atoms with Crippen molar-refractivity contribution in [2.24, 2.45) is 7.05 Å². The normalized spacial score (nSPS) is 10.8. The number of fused-ring (bicyclic) bond motifs is 1. The van der Waals surface area contributed by atoms with Crippen molar-refractivity contribution in [2.75, 3.05) is 19.1 Å². The van der Waals surface area contributed by atoms with Crippen LogP contribution in [-0.4, -0.2) is 29.8 Å². The molecular weight excluding hydrogens is 405 g/mol. The molecule has 5 nitrogen and oxygen atoms in total. The molecule has 0 aliphatic rings. The van der Waals surface area contributed by atoms with Crippen molar-refractivity contribution in [3.63, 3.8) is 0 Å². The molecule has 0 aliphatic heterocycles. The van der Waals surface area contributed by atoms with E-state index >= 15 is 0 Å². The Labute approximate surface area is 148 Å². The van der Waals surface area contributed by atoms with Gasteiger partial charge in [-0.15, -0.1) is 0 Å². The number of rotatable bonds is 3. The quantitative estimate of drug-likeness (QED) is 0.609. The van der Waals surface area contributed by atoms with Crippen LogP contribution in [0.1, 0.15) is 10.4 Å². The van der Waals surface area contributed by atoms with Crippen molar-refractivity contribution in [1.82, 2.24) is 9.78 Å². The van der Waals surface area contributed by atoms with Gasteiger partial charge in [0, 0.05) is 30.7 Å². The number of aromatic nitrogens is 2. The third-order valence-electron chi connectivity index (χ3n) is 3.82. The Morgan fingerprint density at radius 3 is 2.57 bits per heavy atom. The summed E-state index contributed by atoms with van der Waals surface area (Å²) in [5, 5.41) is 5.37. The maximum absolute atomic E-state index is 12.7. The molecule has 1 aromatic heterocycles. The van der Waals surface area contributed by atoms with Gasteiger partial charge in [-0.2, -0.15) is 5.10 Å². The molecule has 0 saturated carbocycles. The van der Waals surface area contributed by atoms with Crippen LogP contribution in [-0.2, 0) is 7.05 Å². The number of methoxy groups -OCH3 is 1. The van der Waals surface area contributed by atoms with E-state index in [9.17, 15) is 4.79 Å². The van der Waals surface area contributed by atoms with Crippen LogP contribution < -0.4 is 9.64 Å². The average molecular weight is 421 g/mol. The van der Waals surface area contributed by atoms with Crippen LogP contribution >= 0.6 is 22.6 Å². The molecule has 0 aliphatic carbocycles. The molecule has 0 spiro atoms. The van der Waals surface area contributed by atoms with E-state index in [0.717, 1.165) is 26.0 Å². The number of nitrogens with zero attached hydrogens (tertiary/aromatic N) is 3. The summed E-state index contributed by atoms with van der Waals surface area (Å²) in [7, 11) is 5.28. The van der Waals surface area contributed by atoms with Gasteiger partial charge in [0.2, 0.25) is 0 Å². The number of anilines is 1. The monoisotopic (exact) mass is 421 g/mol. The smallest absolute Gasteiger partial charge is 0.258 e. The zero-order valence-electron chi connectivity index (χ0n) is 13.1. The van der Waals surface area contributed by atoms with Crippen LogP contribution in [0.4, 0.5) is 5.69 Å². The number of ether oxygens (including phenoxy) is 1. The topological polar surface area (TPSA) is 47.4 Å². The maximum atomic E-state index is 12.7. The first kappa shape index (κ1) is 15.8. The van der Waals surface area contributed by atoms with Crippen LogP contribution in [0.5, 0.6) is 5.75 Å². The van der Waals surface area contributed by atoms with Gasteiger partial charge in [-0.1, -0.05) is 0 Å². The molecule has 118 valence electrons. The van der Waals surface area contributed by atoms with Crippen molar-refractivity contribution in [2.45, 2.75) is 0 Å². The van der Waals surface area contributed by atoms with E-state index in [1.165, 1.54) is 0 Å². The molecule has 3 aromatic rings. The Bertz CT molecular complexity index is 871. The molecule has 2 aromatic carbocycles. The van der Waals surface area contributed by atoms with E-state index in [-0.39, 0.29) is 5.91 Å². The molecule has 0 saturated heterocycles. The first-order chi connectivity index (χ1) is 11.0. The number of carbonyl (C=O) groups excluding carboxylic acids is 1. The fourth-order valence-corrected chi connectivity index (χ4v) is 3.23. The lowest BCUT2D eigenvalue weighted by Gasteiger charge is -2.17. The van der Waals surface area contributed by atoms with E-state index in [0.29, 0.717) is 5.56 Å². The number of halogens is 1.